The fraction of sp³-hybridized carbons (Fsp3) is 0.760. The van der Waals surface area contributed by atoms with Gasteiger partial charge in [-0.1, -0.05) is 81.3 Å². The number of aliphatic hydroxyl groups is 2. The molecule has 20 atom stereocenters. The number of carbonyl (C=O) groups is 1. The maximum absolute atomic E-state index is 14.4. The zero-order valence-corrected chi connectivity index (χ0v) is 39.4. The molecule has 352 valence electrons. The van der Waals surface area contributed by atoms with Crippen molar-refractivity contribution < 1.29 is 57.7 Å². The highest BCUT2D eigenvalue weighted by atomic mass is 16.7. The van der Waals surface area contributed by atoms with E-state index < -0.39 is 41.6 Å². The van der Waals surface area contributed by atoms with Gasteiger partial charge in [-0.25, -0.2) is 0 Å². The summed E-state index contributed by atoms with van der Waals surface area (Å²) in [4.78, 5) is 20.2. The van der Waals surface area contributed by atoms with Crippen molar-refractivity contribution in [3.8, 4) is 0 Å². The van der Waals surface area contributed by atoms with Crippen LogP contribution in [0.2, 0.25) is 0 Å². The second-order valence-electron chi connectivity index (χ2n) is 19.6. The van der Waals surface area contributed by atoms with E-state index in [0.717, 1.165) is 12.0 Å². The molecule has 0 aromatic heterocycles. The first-order chi connectivity index (χ1) is 30.1. The Morgan fingerprint density at radius 2 is 1.68 bits per heavy atom. The van der Waals surface area contributed by atoms with Gasteiger partial charge in [0.2, 0.25) is 0 Å². The molecule has 6 aliphatic heterocycles. The lowest BCUT2D eigenvalue weighted by molar-refractivity contribution is -0.300. The van der Waals surface area contributed by atoms with Crippen molar-refractivity contribution in [2.45, 2.75) is 185 Å². The summed E-state index contributed by atoms with van der Waals surface area (Å²) >= 11 is 0. The lowest BCUT2D eigenvalue weighted by atomic mass is 9.71. The van der Waals surface area contributed by atoms with Gasteiger partial charge in [-0.05, 0) is 70.1 Å². The number of allylic oxidation sites excluding steroid dienone is 3. The van der Waals surface area contributed by atoms with Crippen molar-refractivity contribution in [2.24, 2.45) is 40.7 Å². The third-order valence-corrected chi connectivity index (χ3v) is 15.4. The van der Waals surface area contributed by atoms with E-state index in [9.17, 15) is 15.0 Å². The Morgan fingerprint density at radius 1 is 0.952 bits per heavy atom. The fourth-order valence-corrected chi connectivity index (χ4v) is 11.8. The third kappa shape index (κ3) is 9.61. The minimum atomic E-state index is -1.81. The molecule has 13 nitrogen and oxygen atoms in total. The van der Waals surface area contributed by atoms with Gasteiger partial charge >= 0.3 is 5.97 Å². The predicted molar refractivity (Wildman–Crippen MR) is 238 cm³/mol. The molecule has 1 aliphatic carbocycles. The number of ether oxygens (including phenoxy) is 8. The summed E-state index contributed by atoms with van der Waals surface area (Å²) < 4.78 is 52.5. The molecule has 4 fully saturated rings. The molecule has 0 aromatic rings. The smallest absolute Gasteiger partial charge is 0.316 e. The van der Waals surface area contributed by atoms with E-state index in [2.05, 4.69) is 64.9 Å². The number of esters is 1. The first kappa shape index (κ1) is 48.2. The van der Waals surface area contributed by atoms with E-state index in [1.807, 2.05) is 32.1 Å². The summed E-state index contributed by atoms with van der Waals surface area (Å²) in [5.41, 5.74) is 0.408. The molecule has 0 saturated carbocycles. The first-order valence-electron chi connectivity index (χ1n) is 23.6. The van der Waals surface area contributed by atoms with E-state index in [4.69, 9.17) is 42.7 Å². The number of rotatable bonds is 8. The van der Waals surface area contributed by atoms with E-state index in [0.29, 0.717) is 43.3 Å². The molecular formula is C50H75NO12. The predicted octanol–water partition coefficient (Wildman–Crippen LogP) is 6.95. The molecule has 0 amide bonds. The molecule has 7 aliphatic rings. The molecule has 7 rings (SSSR count). The maximum Gasteiger partial charge on any atom is 0.316 e. The van der Waals surface area contributed by atoms with Gasteiger partial charge < -0.3 is 52.9 Å². The Morgan fingerprint density at radius 3 is 2.40 bits per heavy atom. The highest BCUT2D eigenvalue weighted by Gasteiger charge is 2.60. The van der Waals surface area contributed by atoms with Crippen LogP contribution in [0.25, 0.3) is 0 Å². The highest BCUT2D eigenvalue weighted by Crippen LogP contribution is 2.48. The highest BCUT2D eigenvalue weighted by molar-refractivity contribution is 5.78. The minimum absolute atomic E-state index is 0.0283. The Bertz CT molecular complexity index is 1790. The van der Waals surface area contributed by atoms with Crippen molar-refractivity contribution >= 4 is 12.2 Å². The Kier molecular flexibility index (Phi) is 15.3. The second-order valence-corrected chi connectivity index (χ2v) is 19.6. The fourth-order valence-electron chi connectivity index (χ4n) is 11.8. The molecule has 4 saturated heterocycles. The normalized spacial score (nSPS) is 48.6. The van der Waals surface area contributed by atoms with Crippen LogP contribution in [0, 0.1) is 35.5 Å². The lowest BCUT2D eigenvalue weighted by Crippen LogP contribution is -2.58. The van der Waals surface area contributed by atoms with E-state index in [-0.39, 0.29) is 91.1 Å². The number of hydrogen-bond acceptors (Lipinski definition) is 13. The molecule has 1 spiro atoms. The van der Waals surface area contributed by atoms with Crippen molar-refractivity contribution in [3.63, 3.8) is 0 Å². The van der Waals surface area contributed by atoms with Crippen molar-refractivity contribution in [3.05, 3.63) is 59.3 Å². The average Bonchev–Trinajstić information content (AvgIpc) is 3.59. The Hall–Kier alpha value is -2.72. The summed E-state index contributed by atoms with van der Waals surface area (Å²) in [6, 6.07) is 0. The summed E-state index contributed by atoms with van der Waals surface area (Å²) in [5.74, 6) is -2.42. The van der Waals surface area contributed by atoms with Gasteiger partial charge in [0.15, 0.2) is 11.9 Å². The molecule has 2 N–H and O–H groups in total. The number of hydrogen-bond donors (Lipinski definition) is 2. The third-order valence-electron chi connectivity index (χ3n) is 15.4. The van der Waals surface area contributed by atoms with Crippen LogP contribution in [0.3, 0.4) is 0 Å². The van der Waals surface area contributed by atoms with Crippen molar-refractivity contribution in [2.75, 3.05) is 20.8 Å². The second kappa shape index (κ2) is 20.0. The molecule has 63 heavy (non-hydrogen) atoms. The zero-order chi connectivity index (χ0) is 45.4. The Labute approximate surface area is 375 Å². The van der Waals surface area contributed by atoms with Gasteiger partial charge in [0.25, 0.3) is 0 Å². The van der Waals surface area contributed by atoms with Crippen LogP contribution in [-0.4, -0.2) is 128 Å². The Balaban J connectivity index is 1.23. The summed E-state index contributed by atoms with van der Waals surface area (Å²) in [7, 11) is 3.47. The monoisotopic (exact) mass is 882 g/mol. The van der Waals surface area contributed by atoms with Gasteiger partial charge in [0, 0.05) is 63.9 Å². The zero-order valence-electron chi connectivity index (χ0n) is 39.4. The van der Waals surface area contributed by atoms with Gasteiger partial charge in [-0.3, -0.25) is 4.79 Å². The number of methoxy groups -OCH3 is 2. The molecule has 6 heterocycles. The SMILES string of the molecule is C/C=N/O[C@H]1[C@H](C)O[C@@H](C2[C@H](C)O[C@@H](C3/C(C)=C/CC4CC(C[C@]5(C=C[C@H](C)[C@@H](C(C)CC)O5)O4)OC(=O)[C@@H]4C=C(C)C(O)[C@H]5OC/C(=C\C=C\[C@@H]3C)[C@]54O)C[C@@H]2OC)C[C@@H]1OC. The van der Waals surface area contributed by atoms with Crippen LogP contribution < -0.4 is 0 Å². The molecular weight excluding hydrogens is 807 g/mol. The quantitative estimate of drug-likeness (QED) is 0.112. The molecule has 13 heteroatoms. The number of nitrogens with zero attached hydrogens (tertiary/aromatic N) is 1. The summed E-state index contributed by atoms with van der Waals surface area (Å²) in [6.07, 6.45) is 14.5. The van der Waals surface area contributed by atoms with Crippen molar-refractivity contribution in [1.29, 1.82) is 0 Å². The van der Waals surface area contributed by atoms with Crippen LogP contribution in [0.5, 0.6) is 0 Å². The van der Waals surface area contributed by atoms with Gasteiger partial charge in [0.1, 0.15) is 35.9 Å². The molecule has 0 radical (unpaired) electrons. The van der Waals surface area contributed by atoms with E-state index in [1.54, 1.807) is 33.4 Å². The van der Waals surface area contributed by atoms with Crippen LogP contribution in [-0.2, 0) is 47.5 Å². The van der Waals surface area contributed by atoms with Crippen LogP contribution in [0.1, 0.15) is 101 Å². The molecule has 2 bridgehead atoms. The average molecular weight is 882 g/mol. The number of aliphatic hydroxyl groups excluding tert-OH is 1. The van der Waals surface area contributed by atoms with Gasteiger partial charge in [0.05, 0.1) is 49.3 Å². The topological polar surface area (TPSA) is 153 Å². The van der Waals surface area contributed by atoms with Gasteiger partial charge in [-0.15, -0.1) is 0 Å². The number of oxime groups is 1. The van der Waals surface area contributed by atoms with Crippen LogP contribution >= 0.6 is 0 Å². The minimum Gasteiger partial charge on any atom is -0.462 e. The standard InChI is InChI=1S/C50H75NO12/c1-12-27(3)45-30(6)19-20-49(62-45)25-36-22-35(61-49)18-17-29(5)42(28(4)15-14-16-34-26-57-47-44(52)31(7)21-37(48(53)60-36)50(34,47)54)39-23-38(55-10)43(32(8)58-39)40-24-41(56-11)46(33(9)59-40)63-51-13-2/h13-17,19-21,27-28,30,32-33,35-47,52,54H,12,18,22-26H2,1-11H3/b15-14+,29-17+,34-16+,51-13+/t27?,28-,30-,32-,33-,35?,36?,37-,38-,39+,40+,41-,42?,43?,44?,45+,46-,47+,49+,50+/m0/s1. The first-order valence-corrected chi connectivity index (χ1v) is 23.6. The summed E-state index contributed by atoms with van der Waals surface area (Å²) in [5, 5.41) is 27.9. The molecule has 6 unspecified atom stereocenters. The number of carbonyl (C=O) groups excluding carboxylic acids is 1. The van der Waals surface area contributed by atoms with Crippen LogP contribution in [0.4, 0.5) is 0 Å². The van der Waals surface area contributed by atoms with E-state index >= 15 is 0 Å². The largest absolute Gasteiger partial charge is 0.462 e. The lowest BCUT2D eigenvalue weighted by Gasteiger charge is -2.49. The van der Waals surface area contributed by atoms with Gasteiger partial charge in [-0.2, -0.15) is 0 Å². The number of fused-ring (bicyclic) bond motifs is 2. The maximum atomic E-state index is 14.4. The van der Waals surface area contributed by atoms with E-state index in [1.165, 1.54) is 0 Å². The molecule has 0 aromatic carbocycles. The van der Waals surface area contributed by atoms with Crippen molar-refractivity contribution in [1.82, 2.24) is 0 Å². The van der Waals surface area contributed by atoms with Crippen LogP contribution in [0.15, 0.2) is 64.4 Å². The summed E-state index contributed by atoms with van der Waals surface area (Å²) in [6.45, 7) is 18.6.